The molecular formula is C31H59P. The molecule has 0 fully saturated rings. The molecule has 0 aliphatic heterocycles. The summed E-state index contributed by atoms with van der Waals surface area (Å²) in [4.78, 5) is 0. The standard InChI is InChI=1S/C31H59P/c1-4-7-10-13-16-22-27-32(28-23-17-14-11-8-5-2,29-24-18-15-12-9-6-3)30-31-25-20-19-21-26-31/h19-21,25-26,32H,4-18,22-24,27-30H2,1-3H3. The van der Waals surface area contributed by atoms with Gasteiger partial charge in [0.2, 0.25) is 0 Å². The molecule has 32 heavy (non-hydrogen) atoms. The van der Waals surface area contributed by atoms with E-state index in [9.17, 15) is 0 Å². The molecule has 1 aromatic rings. The first kappa shape index (κ1) is 29.7. The number of unbranched alkanes of at least 4 members (excludes halogenated alkanes) is 15. The van der Waals surface area contributed by atoms with Gasteiger partial charge in [0.15, 0.2) is 0 Å². The third-order valence-corrected chi connectivity index (χ3v) is 13.0. The molecule has 188 valence electrons. The zero-order valence-corrected chi connectivity index (χ0v) is 23.4. The van der Waals surface area contributed by atoms with Crippen LogP contribution in [0.15, 0.2) is 30.3 Å². The second-order valence-electron chi connectivity index (χ2n) is 10.7. The number of hydrogen-bond acceptors (Lipinski definition) is 0. The van der Waals surface area contributed by atoms with Crippen molar-refractivity contribution in [3.8, 4) is 0 Å². The Balaban J connectivity index is 2.70. The van der Waals surface area contributed by atoms with Crippen LogP contribution in [0.5, 0.6) is 0 Å². The fourth-order valence-corrected chi connectivity index (χ4v) is 10.9. The zero-order chi connectivity index (χ0) is 23.2. The third kappa shape index (κ3) is 15.5. The monoisotopic (exact) mass is 462 g/mol. The summed E-state index contributed by atoms with van der Waals surface area (Å²) in [7, 11) is -1.24. The Bertz CT molecular complexity index is 454. The van der Waals surface area contributed by atoms with Gasteiger partial charge in [-0.2, -0.15) is 0 Å². The van der Waals surface area contributed by atoms with Gasteiger partial charge in [-0.05, 0) is 0 Å². The summed E-state index contributed by atoms with van der Waals surface area (Å²) in [5.41, 5.74) is 1.64. The van der Waals surface area contributed by atoms with E-state index < -0.39 is 7.26 Å². The zero-order valence-electron chi connectivity index (χ0n) is 22.4. The summed E-state index contributed by atoms with van der Waals surface area (Å²) in [6.07, 6.45) is 32.4. The molecule has 1 heteroatoms. The number of benzene rings is 1. The van der Waals surface area contributed by atoms with Crippen LogP contribution in [0.25, 0.3) is 0 Å². The Hall–Kier alpha value is -0.350. The van der Waals surface area contributed by atoms with Gasteiger partial charge in [0, 0.05) is 0 Å². The first-order valence-electron chi connectivity index (χ1n) is 14.8. The predicted octanol–water partition coefficient (Wildman–Crippen LogP) is 11.0. The normalized spacial score (nSPS) is 12.3. The molecule has 0 atom stereocenters. The van der Waals surface area contributed by atoms with Crippen molar-refractivity contribution < 1.29 is 0 Å². The molecule has 0 spiro atoms. The minimum atomic E-state index is -1.24. The van der Waals surface area contributed by atoms with Crippen molar-refractivity contribution in [3.63, 3.8) is 0 Å². The third-order valence-electron chi connectivity index (χ3n) is 7.60. The van der Waals surface area contributed by atoms with Crippen LogP contribution in [0.3, 0.4) is 0 Å². The molecule has 1 rings (SSSR count). The molecule has 0 saturated heterocycles. The van der Waals surface area contributed by atoms with Gasteiger partial charge in [0.25, 0.3) is 0 Å². The average molecular weight is 463 g/mol. The maximum absolute atomic E-state index is 2.42. The van der Waals surface area contributed by atoms with E-state index in [-0.39, 0.29) is 0 Å². The van der Waals surface area contributed by atoms with Crippen LogP contribution in [0, 0.1) is 0 Å². The second-order valence-corrected chi connectivity index (χ2v) is 15.6. The van der Waals surface area contributed by atoms with Gasteiger partial charge in [-0.1, -0.05) is 0 Å². The van der Waals surface area contributed by atoms with Gasteiger partial charge in [0.05, 0.1) is 0 Å². The second kappa shape index (κ2) is 21.2. The van der Waals surface area contributed by atoms with Crippen LogP contribution >= 0.6 is 7.26 Å². The van der Waals surface area contributed by atoms with Gasteiger partial charge in [0.1, 0.15) is 0 Å². The Morgan fingerprint density at radius 1 is 0.438 bits per heavy atom. The molecule has 0 saturated carbocycles. The predicted molar refractivity (Wildman–Crippen MR) is 153 cm³/mol. The summed E-state index contributed by atoms with van der Waals surface area (Å²) in [6, 6.07) is 11.6. The van der Waals surface area contributed by atoms with Crippen LogP contribution in [0.1, 0.15) is 142 Å². The van der Waals surface area contributed by atoms with E-state index in [1.54, 1.807) is 24.0 Å². The van der Waals surface area contributed by atoms with Gasteiger partial charge in [-0.25, -0.2) is 0 Å². The van der Waals surface area contributed by atoms with Gasteiger partial charge in [-0.15, -0.1) is 0 Å². The first-order valence-corrected chi connectivity index (χ1v) is 17.6. The molecule has 0 nitrogen and oxygen atoms in total. The molecule has 0 bridgehead atoms. The molecular weight excluding hydrogens is 403 g/mol. The van der Waals surface area contributed by atoms with E-state index in [0.29, 0.717) is 0 Å². The SMILES string of the molecule is CCCCCCCC[PH](CCCCCCCC)(CCCCCCCC)Cc1ccccc1. The number of hydrogen-bond donors (Lipinski definition) is 0. The van der Waals surface area contributed by atoms with Crippen molar-refractivity contribution in [1.29, 1.82) is 0 Å². The maximum atomic E-state index is 2.42. The van der Waals surface area contributed by atoms with Crippen molar-refractivity contribution in [2.24, 2.45) is 0 Å². The fourth-order valence-electron chi connectivity index (χ4n) is 5.51. The van der Waals surface area contributed by atoms with E-state index in [1.165, 1.54) is 122 Å². The summed E-state index contributed by atoms with van der Waals surface area (Å²) >= 11 is 0. The van der Waals surface area contributed by atoms with Crippen molar-refractivity contribution in [2.45, 2.75) is 143 Å². The molecule has 1 aromatic carbocycles. The van der Waals surface area contributed by atoms with E-state index in [1.807, 2.05) is 0 Å². The molecule has 0 aliphatic carbocycles. The Kier molecular flexibility index (Phi) is 19.7. The van der Waals surface area contributed by atoms with Gasteiger partial charge < -0.3 is 0 Å². The molecule has 0 unspecified atom stereocenters. The molecule has 0 N–H and O–H groups in total. The Morgan fingerprint density at radius 3 is 1.16 bits per heavy atom. The van der Waals surface area contributed by atoms with Crippen LogP contribution in [-0.4, -0.2) is 18.5 Å². The quantitative estimate of drug-likeness (QED) is 0.112. The minimum absolute atomic E-state index is 1.24. The van der Waals surface area contributed by atoms with Crippen molar-refractivity contribution in [1.82, 2.24) is 0 Å². The molecule has 0 amide bonds. The van der Waals surface area contributed by atoms with Crippen molar-refractivity contribution in [2.75, 3.05) is 18.5 Å². The average Bonchev–Trinajstić information content (AvgIpc) is 2.81. The number of rotatable bonds is 23. The van der Waals surface area contributed by atoms with Crippen LogP contribution in [-0.2, 0) is 6.16 Å². The van der Waals surface area contributed by atoms with E-state index >= 15 is 0 Å². The summed E-state index contributed by atoms with van der Waals surface area (Å²) < 4.78 is 0. The summed E-state index contributed by atoms with van der Waals surface area (Å²) in [5.74, 6) is 0. The molecule has 0 aliphatic rings. The fraction of sp³-hybridized carbons (Fsp3) is 0.806. The van der Waals surface area contributed by atoms with Crippen LogP contribution < -0.4 is 0 Å². The Labute approximate surface area is 204 Å². The van der Waals surface area contributed by atoms with Crippen LogP contribution in [0.4, 0.5) is 0 Å². The van der Waals surface area contributed by atoms with Crippen molar-refractivity contribution >= 4 is 7.26 Å². The van der Waals surface area contributed by atoms with E-state index in [2.05, 4.69) is 51.1 Å². The molecule has 0 radical (unpaired) electrons. The van der Waals surface area contributed by atoms with Crippen molar-refractivity contribution in [3.05, 3.63) is 35.9 Å². The summed E-state index contributed by atoms with van der Waals surface area (Å²) in [6.45, 7) is 7.00. The first-order chi connectivity index (χ1) is 15.8. The van der Waals surface area contributed by atoms with Crippen LogP contribution in [0.2, 0.25) is 0 Å². The topological polar surface area (TPSA) is 0 Å². The van der Waals surface area contributed by atoms with Gasteiger partial charge in [-0.3, -0.25) is 0 Å². The Morgan fingerprint density at radius 2 is 0.781 bits per heavy atom. The van der Waals surface area contributed by atoms with Gasteiger partial charge >= 0.3 is 204 Å². The van der Waals surface area contributed by atoms with E-state index in [0.717, 1.165) is 0 Å². The van der Waals surface area contributed by atoms with E-state index in [4.69, 9.17) is 0 Å². The molecule has 0 heterocycles. The molecule has 0 aromatic heterocycles. The summed E-state index contributed by atoms with van der Waals surface area (Å²) in [5, 5.41) is 0.